The maximum absolute atomic E-state index is 13.0. The molecule has 0 spiro atoms. The summed E-state index contributed by atoms with van der Waals surface area (Å²) in [6.45, 7) is 5.44. The first kappa shape index (κ1) is 28.0. The zero-order valence-corrected chi connectivity index (χ0v) is 20.3. The number of aromatic nitrogens is 4. The van der Waals surface area contributed by atoms with Crippen LogP contribution in [-0.2, 0) is 39.1 Å². The molecule has 0 aliphatic rings. The number of sulfonamides is 1. The van der Waals surface area contributed by atoms with E-state index in [9.17, 15) is 39.6 Å². The molecule has 0 saturated heterocycles. The van der Waals surface area contributed by atoms with Crippen LogP contribution in [0.2, 0.25) is 0 Å². The molecule has 9 nitrogen and oxygen atoms in total. The number of benzene rings is 2. The molecule has 16 heteroatoms. The minimum atomic E-state index is -5.25. The number of carbonyl (C=O) groups is 1. The first-order chi connectivity index (χ1) is 16.9. The zero-order valence-electron chi connectivity index (χ0n) is 19.4. The number of hydrazine groups is 1. The molecule has 1 amide bonds. The number of tetrazole rings is 1. The van der Waals surface area contributed by atoms with Gasteiger partial charge in [0.2, 0.25) is 5.82 Å². The average molecular weight is 550 g/mol. The van der Waals surface area contributed by atoms with E-state index in [2.05, 4.69) is 15.4 Å². The number of rotatable bonds is 6. The van der Waals surface area contributed by atoms with Gasteiger partial charge in [0.25, 0.3) is 15.9 Å². The summed E-state index contributed by atoms with van der Waals surface area (Å²) in [5, 5.41) is 11.5. The number of nitrogens with zero attached hydrogens (tertiary/aromatic N) is 4. The van der Waals surface area contributed by atoms with Crippen molar-refractivity contribution in [3.8, 4) is 11.4 Å². The van der Waals surface area contributed by atoms with E-state index in [0.29, 0.717) is 5.56 Å². The van der Waals surface area contributed by atoms with E-state index in [1.54, 1.807) is 17.6 Å². The highest BCUT2D eigenvalue weighted by molar-refractivity contribution is 7.89. The van der Waals surface area contributed by atoms with Crippen LogP contribution in [0.4, 0.5) is 26.3 Å². The SMILES string of the molecule is CC(C)(C)c1ccc(-c2nnn(CC(=O)NNS(=O)(=O)c3cc(C(F)(F)F)cc(C(F)(F)F)c3)n2)cc1. The van der Waals surface area contributed by atoms with Crippen molar-refractivity contribution in [3.05, 3.63) is 59.2 Å². The van der Waals surface area contributed by atoms with Gasteiger partial charge < -0.3 is 0 Å². The molecule has 0 aliphatic carbocycles. The second-order valence-electron chi connectivity index (χ2n) is 8.87. The molecule has 200 valence electrons. The molecule has 1 aromatic heterocycles. The molecule has 0 bridgehead atoms. The highest BCUT2D eigenvalue weighted by Gasteiger charge is 2.38. The third-order valence-corrected chi connectivity index (χ3v) is 6.17. The Morgan fingerprint density at radius 1 is 0.892 bits per heavy atom. The second kappa shape index (κ2) is 9.74. The summed E-state index contributed by atoms with van der Waals surface area (Å²) in [6, 6.07) is 7.05. The molecule has 0 aliphatic heterocycles. The Morgan fingerprint density at radius 3 is 1.92 bits per heavy atom. The Hall–Kier alpha value is -3.53. The van der Waals surface area contributed by atoms with Crippen molar-refractivity contribution in [2.45, 2.75) is 50.0 Å². The fourth-order valence-electron chi connectivity index (χ4n) is 2.98. The van der Waals surface area contributed by atoms with Gasteiger partial charge in [-0.05, 0) is 34.4 Å². The molecule has 2 aromatic carbocycles. The molecule has 3 aromatic rings. The number of halogens is 6. The number of hydrogen-bond acceptors (Lipinski definition) is 6. The lowest BCUT2D eigenvalue weighted by Gasteiger charge is -2.18. The highest BCUT2D eigenvalue weighted by Crippen LogP contribution is 2.37. The lowest BCUT2D eigenvalue weighted by atomic mass is 9.87. The van der Waals surface area contributed by atoms with Crippen LogP contribution in [0.3, 0.4) is 0 Å². The van der Waals surface area contributed by atoms with Gasteiger partial charge in [0.15, 0.2) is 0 Å². The van der Waals surface area contributed by atoms with Crippen molar-refractivity contribution in [1.29, 1.82) is 0 Å². The van der Waals surface area contributed by atoms with E-state index in [1.165, 1.54) is 4.83 Å². The second-order valence-corrected chi connectivity index (χ2v) is 10.5. The Kier molecular flexibility index (Phi) is 7.38. The molecule has 0 saturated carbocycles. The van der Waals surface area contributed by atoms with Crippen molar-refractivity contribution in [2.24, 2.45) is 0 Å². The monoisotopic (exact) mass is 550 g/mol. The molecule has 0 atom stereocenters. The highest BCUT2D eigenvalue weighted by atomic mass is 32.2. The van der Waals surface area contributed by atoms with Crippen LogP contribution < -0.4 is 10.3 Å². The van der Waals surface area contributed by atoms with Gasteiger partial charge in [-0.3, -0.25) is 10.2 Å². The van der Waals surface area contributed by atoms with E-state index in [-0.39, 0.29) is 29.4 Å². The van der Waals surface area contributed by atoms with Crippen LogP contribution in [0.5, 0.6) is 0 Å². The fraction of sp³-hybridized carbons (Fsp3) is 0.333. The van der Waals surface area contributed by atoms with Gasteiger partial charge in [-0.2, -0.15) is 31.1 Å². The number of amides is 1. The molecule has 0 unspecified atom stereocenters. The van der Waals surface area contributed by atoms with Gasteiger partial charge in [-0.25, -0.2) is 8.42 Å². The van der Waals surface area contributed by atoms with Crippen LogP contribution in [0.25, 0.3) is 11.4 Å². The topological polar surface area (TPSA) is 119 Å². The van der Waals surface area contributed by atoms with Crippen molar-refractivity contribution in [3.63, 3.8) is 0 Å². The lowest BCUT2D eigenvalue weighted by Crippen LogP contribution is -2.43. The van der Waals surface area contributed by atoms with Crippen LogP contribution in [0.1, 0.15) is 37.5 Å². The van der Waals surface area contributed by atoms with Crippen LogP contribution >= 0.6 is 0 Å². The summed E-state index contributed by atoms with van der Waals surface area (Å²) in [6.07, 6.45) is -10.5. The number of carbonyl (C=O) groups excluding carboxylic acids is 1. The third kappa shape index (κ3) is 7.03. The molecule has 0 fully saturated rings. The number of nitrogens with one attached hydrogen (secondary N) is 2. The summed E-state index contributed by atoms with van der Waals surface area (Å²) in [5.74, 6) is -0.906. The standard InChI is InChI=1S/C21H20F6N6O3S/c1-19(2,3)13-6-4-12(5-7-13)18-29-31-33(30-18)11-17(34)28-32-37(35,36)16-9-14(20(22,23)24)8-15(10-16)21(25,26)27/h4-10,32H,11H2,1-3H3,(H,28,34). The molecule has 0 radical (unpaired) electrons. The lowest BCUT2D eigenvalue weighted by molar-refractivity contribution is -0.143. The normalized spacial score (nSPS) is 13.0. The van der Waals surface area contributed by atoms with E-state index in [1.807, 2.05) is 32.9 Å². The fourth-order valence-corrected chi connectivity index (χ4v) is 3.91. The Balaban J connectivity index is 1.71. The average Bonchev–Trinajstić information content (AvgIpc) is 3.24. The largest absolute Gasteiger partial charge is 0.416 e. The summed E-state index contributed by atoms with van der Waals surface area (Å²) >= 11 is 0. The van der Waals surface area contributed by atoms with Gasteiger partial charge in [0, 0.05) is 5.56 Å². The predicted octanol–water partition coefficient (Wildman–Crippen LogP) is 3.68. The predicted molar refractivity (Wildman–Crippen MR) is 117 cm³/mol. The van der Waals surface area contributed by atoms with Gasteiger partial charge in [-0.1, -0.05) is 45.0 Å². The van der Waals surface area contributed by atoms with E-state index >= 15 is 0 Å². The summed E-state index contributed by atoms with van der Waals surface area (Å²) < 4.78 is 103. The van der Waals surface area contributed by atoms with E-state index in [4.69, 9.17) is 0 Å². The summed E-state index contributed by atoms with van der Waals surface area (Å²) in [7, 11) is -5.01. The van der Waals surface area contributed by atoms with Crippen LogP contribution in [0, 0.1) is 0 Å². The van der Waals surface area contributed by atoms with Crippen molar-refractivity contribution in [1.82, 2.24) is 30.5 Å². The zero-order chi connectivity index (χ0) is 27.8. The number of alkyl halides is 6. The first-order valence-corrected chi connectivity index (χ1v) is 11.8. The van der Waals surface area contributed by atoms with Crippen LogP contribution in [-0.4, -0.2) is 34.5 Å². The maximum Gasteiger partial charge on any atom is 0.416 e. The van der Waals surface area contributed by atoms with E-state index in [0.717, 1.165) is 10.4 Å². The van der Waals surface area contributed by atoms with Gasteiger partial charge >= 0.3 is 12.4 Å². The maximum atomic E-state index is 13.0. The summed E-state index contributed by atoms with van der Waals surface area (Å²) in [5.41, 5.74) is -0.412. The molecular formula is C21H20F6N6O3S. The molecule has 3 rings (SSSR count). The minimum absolute atomic E-state index is 0.0138. The van der Waals surface area contributed by atoms with Crippen molar-refractivity contribution in [2.75, 3.05) is 0 Å². The van der Waals surface area contributed by atoms with Gasteiger partial charge in [0.1, 0.15) is 6.54 Å². The van der Waals surface area contributed by atoms with Gasteiger partial charge in [0.05, 0.1) is 16.0 Å². The smallest absolute Gasteiger partial charge is 0.276 e. The quantitative estimate of drug-likeness (QED) is 0.357. The van der Waals surface area contributed by atoms with E-state index < -0.39 is 50.9 Å². The first-order valence-electron chi connectivity index (χ1n) is 10.4. The molecular weight excluding hydrogens is 530 g/mol. The van der Waals surface area contributed by atoms with Crippen LogP contribution in [0.15, 0.2) is 47.4 Å². The van der Waals surface area contributed by atoms with Crippen molar-refractivity contribution < 1.29 is 39.6 Å². The minimum Gasteiger partial charge on any atom is -0.276 e. The Bertz CT molecular complexity index is 1360. The third-order valence-electron chi connectivity index (χ3n) is 4.94. The Morgan fingerprint density at radius 2 is 1.43 bits per heavy atom. The number of hydrogen-bond donors (Lipinski definition) is 2. The van der Waals surface area contributed by atoms with Gasteiger partial charge in [-0.15, -0.1) is 15.0 Å². The van der Waals surface area contributed by atoms with Crippen molar-refractivity contribution >= 4 is 15.9 Å². The molecule has 37 heavy (non-hydrogen) atoms. The molecule has 1 heterocycles. The molecule has 2 N–H and O–H groups in total. The Labute approximate surface area is 206 Å². The summed E-state index contributed by atoms with van der Waals surface area (Å²) in [4.78, 5) is 13.0.